The van der Waals surface area contributed by atoms with Crippen LogP contribution in [0.2, 0.25) is 0 Å². The second kappa shape index (κ2) is 4.78. The Morgan fingerprint density at radius 1 is 1.31 bits per heavy atom. The van der Waals surface area contributed by atoms with Crippen LogP contribution in [0, 0.1) is 10.7 Å². The molecular weight excluding hydrogens is 180 g/mol. The standard InChI is InChI=1S/C10H12N2S/c1-12(2)10-5-3-9(4-6-10)7-13-8-11/h3-6H,7H2,1-2H3. The molecule has 2 nitrogen and oxygen atoms in total. The van der Waals surface area contributed by atoms with Crippen molar-refractivity contribution < 1.29 is 0 Å². The topological polar surface area (TPSA) is 27.0 Å². The summed E-state index contributed by atoms with van der Waals surface area (Å²) in [5.41, 5.74) is 2.38. The van der Waals surface area contributed by atoms with E-state index in [9.17, 15) is 0 Å². The minimum Gasteiger partial charge on any atom is -0.378 e. The molecule has 0 amide bonds. The Labute approximate surface area is 83.2 Å². The molecule has 0 radical (unpaired) electrons. The van der Waals surface area contributed by atoms with E-state index < -0.39 is 0 Å². The molecule has 13 heavy (non-hydrogen) atoms. The first kappa shape index (κ1) is 9.94. The van der Waals surface area contributed by atoms with E-state index in [1.54, 1.807) is 0 Å². The third-order valence-electron chi connectivity index (χ3n) is 1.76. The van der Waals surface area contributed by atoms with Crippen LogP contribution in [0.3, 0.4) is 0 Å². The summed E-state index contributed by atoms with van der Waals surface area (Å²) in [5.74, 6) is 0.768. The fraction of sp³-hybridized carbons (Fsp3) is 0.300. The number of nitrogens with zero attached hydrogens (tertiary/aromatic N) is 2. The molecule has 0 fully saturated rings. The second-order valence-corrected chi connectivity index (χ2v) is 3.70. The van der Waals surface area contributed by atoms with Crippen molar-refractivity contribution in [1.82, 2.24) is 0 Å². The molecule has 1 rings (SSSR count). The molecular formula is C10H12N2S. The Kier molecular flexibility index (Phi) is 3.66. The second-order valence-electron chi connectivity index (χ2n) is 2.94. The molecule has 0 saturated heterocycles. The summed E-state index contributed by atoms with van der Waals surface area (Å²) < 4.78 is 0. The lowest BCUT2D eigenvalue weighted by Crippen LogP contribution is -2.08. The van der Waals surface area contributed by atoms with E-state index in [4.69, 9.17) is 5.26 Å². The first-order valence-corrected chi connectivity index (χ1v) is 4.99. The molecule has 0 aliphatic carbocycles. The normalized spacial score (nSPS) is 9.31. The van der Waals surface area contributed by atoms with Gasteiger partial charge in [0, 0.05) is 25.5 Å². The zero-order valence-electron chi connectivity index (χ0n) is 7.82. The molecule has 0 aliphatic rings. The summed E-state index contributed by atoms with van der Waals surface area (Å²) >= 11 is 1.27. The molecule has 0 aliphatic heterocycles. The van der Waals surface area contributed by atoms with E-state index in [1.165, 1.54) is 23.0 Å². The van der Waals surface area contributed by atoms with Gasteiger partial charge in [0.1, 0.15) is 5.40 Å². The molecule has 0 atom stereocenters. The molecule has 0 aromatic heterocycles. The van der Waals surface area contributed by atoms with Crippen LogP contribution < -0.4 is 4.90 Å². The lowest BCUT2D eigenvalue weighted by Gasteiger charge is -2.12. The van der Waals surface area contributed by atoms with Gasteiger partial charge in [-0.05, 0) is 29.5 Å². The van der Waals surface area contributed by atoms with Crippen molar-refractivity contribution in [2.24, 2.45) is 0 Å². The van der Waals surface area contributed by atoms with Gasteiger partial charge in [0.05, 0.1) is 0 Å². The summed E-state index contributed by atoms with van der Waals surface area (Å²) in [5, 5.41) is 10.4. The number of anilines is 1. The largest absolute Gasteiger partial charge is 0.378 e. The van der Waals surface area contributed by atoms with Gasteiger partial charge in [-0.3, -0.25) is 0 Å². The van der Waals surface area contributed by atoms with E-state index in [2.05, 4.69) is 34.6 Å². The maximum Gasteiger partial charge on any atom is 0.133 e. The van der Waals surface area contributed by atoms with E-state index >= 15 is 0 Å². The van der Waals surface area contributed by atoms with Crippen LogP contribution in [0.25, 0.3) is 0 Å². The van der Waals surface area contributed by atoms with Gasteiger partial charge in [-0.25, -0.2) is 0 Å². The van der Waals surface area contributed by atoms with Crippen LogP contribution in [0.1, 0.15) is 5.56 Å². The number of hydrogen-bond donors (Lipinski definition) is 0. The Morgan fingerprint density at radius 3 is 2.38 bits per heavy atom. The van der Waals surface area contributed by atoms with E-state index in [1.807, 2.05) is 14.1 Å². The van der Waals surface area contributed by atoms with Gasteiger partial charge < -0.3 is 4.90 Å². The molecule has 0 spiro atoms. The number of thiocyanates is 1. The highest BCUT2D eigenvalue weighted by atomic mass is 32.2. The molecule has 0 saturated carbocycles. The maximum atomic E-state index is 8.38. The van der Waals surface area contributed by atoms with E-state index in [-0.39, 0.29) is 0 Å². The third-order valence-corrected chi connectivity index (χ3v) is 2.36. The highest BCUT2D eigenvalue weighted by Gasteiger charge is 1.95. The van der Waals surface area contributed by atoms with Crippen LogP contribution in [-0.2, 0) is 5.75 Å². The highest BCUT2D eigenvalue weighted by molar-refractivity contribution is 8.02. The van der Waals surface area contributed by atoms with Crippen molar-refractivity contribution in [2.75, 3.05) is 19.0 Å². The van der Waals surface area contributed by atoms with Crippen molar-refractivity contribution >= 4 is 17.4 Å². The Balaban J connectivity index is 2.65. The lowest BCUT2D eigenvalue weighted by molar-refractivity contribution is 1.13. The van der Waals surface area contributed by atoms with Crippen molar-refractivity contribution in [2.45, 2.75) is 5.75 Å². The Bertz CT molecular complexity index is 298. The van der Waals surface area contributed by atoms with E-state index in [0.29, 0.717) is 0 Å². The first-order valence-electron chi connectivity index (χ1n) is 4.01. The molecule has 0 bridgehead atoms. The number of nitriles is 1. The van der Waals surface area contributed by atoms with E-state index in [0.717, 1.165) is 5.75 Å². The Morgan fingerprint density at radius 2 is 1.92 bits per heavy atom. The monoisotopic (exact) mass is 192 g/mol. The first-order chi connectivity index (χ1) is 6.24. The molecule has 0 N–H and O–H groups in total. The van der Waals surface area contributed by atoms with Crippen LogP contribution in [0.5, 0.6) is 0 Å². The number of hydrogen-bond acceptors (Lipinski definition) is 3. The van der Waals surface area contributed by atoms with Gasteiger partial charge in [-0.2, -0.15) is 5.26 Å². The van der Waals surface area contributed by atoms with Crippen molar-refractivity contribution in [3.8, 4) is 5.40 Å². The number of thioether (sulfide) groups is 1. The minimum absolute atomic E-state index is 0.768. The predicted molar refractivity (Wildman–Crippen MR) is 57.7 cm³/mol. The van der Waals surface area contributed by atoms with Crippen LogP contribution in [-0.4, -0.2) is 14.1 Å². The number of benzene rings is 1. The van der Waals surface area contributed by atoms with Crippen molar-refractivity contribution in [3.63, 3.8) is 0 Å². The Hall–Kier alpha value is -1.14. The molecule has 1 aromatic carbocycles. The summed E-state index contributed by atoms with van der Waals surface area (Å²) in [7, 11) is 4.03. The van der Waals surface area contributed by atoms with Gasteiger partial charge in [0.25, 0.3) is 0 Å². The van der Waals surface area contributed by atoms with Gasteiger partial charge in [-0.1, -0.05) is 12.1 Å². The lowest BCUT2D eigenvalue weighted by atomic mass is 10.2. The fourth-order valence-electron chi connectivity index (χ4n) is 1.01. The van der Waals surface area contributed by atoms with Gasteiger partial charge in [-0.15, -0.1) is 0 Å². The van der Waals surface area contributed by atoms with Crippen molar-refractivity contribution in [3.05, 3.63) is 29.8 Å². The number of rotatable bonds is 3. The predicted octanol–water partition coefficient (Wildman–Crippen LogP) is 2.47. The van der Waals surface area contributed by atoms with Crippen LogP contribution in [0.15, 0.2) is 24.3 Å². The smallest absolute Gasteiger partial charge is 0.133 e. The maximum absolute atomic E-state index is 8.38. The quantitative estimate of drug-likeness (QED) is 0.688. The van der Waals surface area contributed by atoms with Gasteiger partial charge >= 0.3 is 0 Å². The summed E-state index contributed by atoms with van der Waals surface area (Å²) in [6.07, 6.45) is 0. The zero-order chi connectivity index (χ0) is 9.68. The average Bonchev–Trinajstić information content (AvgIpc) is 2.15. The molecule has 0 unspecified atom stereocenters. The van der Waals surface area contributed by atoms with Gasteiger partial charge in [0.15, 0.2) is 0 Å². The SMILES string of the molecule is CN(C)c1ccc(CSC#N)cc1. The fourth-order valence-corrected chi connectivity index (χ4v) is 1.43. The third kappa shape index (κ3) is 3.00. The highest BCUT2D eigenvalue weighted by Crippen LogP contribution is 2.15. The van der Waals surface area contributed by atoms with Crippen molar-refractivity contribution in [1.29, 1.82) is 5.26 Å². The van der Waals surface area contributed by atoms with Crippen LogP contribution in [0.4, 0.5) is 5.69 Å². The molecule has 0 heterocycles. The summed E-state index contributed by atoms with van der Waals surface area (Å²) in [6.45, 7) is 0. The minimum atomic E-state index is 0.768. The summed E-state index contributed by atoms with van der Waals surface area (Å²) in [4.78, 5) is 2.06. The van der Waals surface area contributed by atoms with Gasteiger partial charge in [0.2, 0.25) is 0 Å². The molecule has 3 heteroatoms. The summed E-state index contributed by atoms with van der Waals surface area (Å²) in [6, 6.07) is 8.24. The average molecular weight is 192 g/mol. The zero-order valence-corrected chi connectivity index (χ0v) is 8.64. The molecule has 1 aromatic rings. The van der Waals surface area contributed by atoms with Crippen LogP contribution >= 0.6 is 11.8 Å². The molecule has 68 valence electrons.